The molecule has 4 heterocycles. The zero-order chi connectivity index (χ0) is 37.5. The number of hydrogen-bond acceptors (Lipinski definition) is 3. The van der Waals surface area contributed by atoms with E-state index in [0.29, 0.717) is 0 Å². The van der Waals surface area contributed by atoms with Crippen LogP contribution < -0.4 is 4.90 Å². The molecule has 0 spiro atoms. The molecule has 4 nitrogen and oxygen atoms in total. The minimum atomic E-state index is 0.887. The molecule has 1 aliphatic rings. The lowest BCUT2D eigenvalue weighted by molar-refractivity contribution is 0.669. The lowest BCUT2D eigenvalue weighted by Crippen LogP contribution is -2.12. The summed E-state index contributed by atoms with van der Waals surface area (Å²) in [5, 5.41) is 4.59. The number of benzene rings is 8. The van der Waals surface area contributed by atoms with Crippen molar-refractivity contribution in [2.24, 2.45) is 0 Å². The molecule has 12 rings (SSSR count). The van der Waals surface area contributed by atoms with Crippen LogP contribution in [-0.2, 0) is 0 Å². The molecule has 0 aliphatic carbocycles. The van der Waals surface area contributed by atoms with Crippen molar-refractivity contribution in [3.63, 3.8) is 0 Å². The number of anilines is 3. The highest BCUT2D eigenvalue weighted by Gasteiger charge is 2.32. The monoisotopic (exact) mass is 727 g/mol. The van der Waals surface area contributed by atoms with Gasteiger partial charge >= 0.3 is 0 Å². The summed E-state index contributed by atoms with van der Waals surface area (Å²) in [6, 6.07) is 69.7. The number of para-hydroxylation sites is 6. The van der Waals surface area contributed by atoms with Crippen LogP contribution in [0, 0.1) is 0 Å². The number of nitrogens with zero attached hydrogens (tertiary/aromatic N) is 3. The van der Waals surface area contributed by atoms with Gasteiger partial charge < -0.3 is 13.9 Å². The van der Waals surface area contributed by atoms with Gasteiger partial charge in [0.05, 0.1) is 33.8 Å². The van der Waals surface area contributed by atoms with Gasteiger partial charge in [-0.05, 0) is 77.4 Å². The molecule has 0 atom stereocenters. The molecule has 3 aromatic heterocycles. The van der Waals surface area contributed by atoms with E-state index in [0.717, 1.165) is 77.8 Å². The maximum Gasteiger partial charge on any atom is 0.135 e. The van der Waals surface area contributed by atoms with Crippen molar-refractivity contribution in [2.45, 2.75) is 0 Å². The van der Waals surface area contributed by atoms with E-state index in [9.17, 15) is 0 Å². The second kappa shape index (κ2) is 12.4. The van der Waals surface area contributed by atoms with E-state index in [2.05, 4.69) is 190 Å². The summed E-state index contributed by atoms with van der Waals surface area (Å²) in [5.41, 5.74) is 17.8. The Hall–Kier alpha value is -7.69. The molecule has 0 N–H and O–H groups in total. The van der Waals surface area contributed by atoms with Gasteiger partial charge in [-0.3, -0.25) is 4.98 Å². The molecule has 0 amide bonds. The summed E-state index contributed by atoms with van der Waals surface area (Å²) in [5.74, 6) is 0. The van der Waals surface area contributed by atoms with Gasteiger partial charge in [-0.15, -0.1) is 0 Å². The Kier molecular flexibility index (Phi) is 6.89. The van der Waals surface area contributed by atoms with Gasteiger partial charge in [0.25, 0.3) is 0 Å². The van der Waals surface area contributed by atoms with E-state index in [1.165, 1.54) is 33.3 Å². The molecule has 4 heteroatoms. The predicted octanol–water partition coefficient (Wildman–Crippen LogP) is 14.5. The van der Waals surface area contributed by atoms with Gasteiger partial charge in [-0.1, -0.05) is 133 Å². The number of furan rings is 1. The van der Waals surface area contributed by atoms with E-state index < -0.39 is 0 Å². The first-order chi connectivity index (χ1) is 28.3. The van der Waals surface area contributed by atoms with Crippen molar-refractivity contribution >= 4 is 60.8 Å². The molecule has 11 aromatic rings. The third-order valence-corrected chi connectivity index (χ3v) is 11.6. The Morgan fingerprint density at radius 3 is 1.79 bits per heavy atom. The summed E-state index contributed by atoms with van der Waals surface area (Å²) in [6.45, 7) is 0. The van der Waals surface area contributed by atoms with E-state index >= 15 is 0 Å². The zero-order valence-corrected chi connectivity index (χ0v) is 30.8. The summed E-state index contributed by atoms with van der Waals surface area (Å²) >= 11 is 0. The van der Waals surface area contributed by atoms with Gasteiger partial charge in [0.2, 0.25) is 0 Å². The normalized spacial score (nSPS) is 12.2. The summed E-state index contributed by atoms with van der Waals surface area (Å²) in [4.78, 5) is 7.07. The lowest BCUT2D eigenvalue weighted by atomic mass is 9.96. The third-order valence-electron chi connectivity index (χ3n) is 11.6. The number of fused-ring (bicyclic) bond motifs is 11. The van der Waals surface area contributed by atoms with Gasteiger partial charge in [-0.25, -0.2) is 0 Å². The number of hydrogen-bond donors (Lipinski definition) is 0. The first-order valence-electron chi connectivity index (χ1n) is 19.4. The third kappa shape index (κ3) is 4.77. The van der Waals surface area contributed by atoms with Crippen LogP contribution in [0.15, 0.2) is 205 Å². The largest absolute Gasteiger partial charge is 0.456 e. The predicted molar refractivity (Wildman–Crippen MR) is 236 cm³/mol. The summed E-state index contributed by atoms with van der Waals surface area (Å²) in [7, 11) is 0. The van der Waals surface area contributed by atoms with Crippen molar-refractivity contribution in [2.75, 3.05) is 4.90 Å². The summed E-state index contributed by atoms with van der Waals surface area (Å²) < 4.78 is 8.74. The van der Waals surface area contributed by atoms with Gasteiger partial charge in [0.15, 0.2) is 0 Å². The highest BCUT2D eigenvalue weighted by Crippen LogP contribution is 2.55. The lowest BCUT2D eigenvalue weighted by Gasteiger charge is -2.29. The van der Waals surface area contributed by atoms with E-state index in [-0.39, 0.29) is 0 Å². The van der Waals surface area contributed by atoms with Crippen LogP contribution in [0.1, 0.15) is 0 Å². The molecule has 0 radical (unpaired) electrons. The van der Waals surface area contributed by atoms with E-state index in [1.807, 2.05) is 24.4 Å². The number of aromatic nitrogens is 2. The maximum absolute atomic E-state index is 6.29. The summed E-state index contributed by atoms with van der Waals surface area (Å²) in [6.07, 6.45) is 1.90. The van der Waals surface area contributed by atoms with Crippen molar-refractivity contribution in [1.82, 2.24) is 9.55 Å². The van der Waals surface area contributed by atoms with Crippen LogP contribution in [-0.4, -0.2) is 9.55 Å². The van der Waals surface area contributed by atoms with Gasteiger partial charge in [-0.2, -0.15) is 0 Å². The van der Waals surface area contributed by atoms with Crippen LogP contribution in [0.5, 0.6) is 0 Å². The molecule has 0 saturated heterocycles. The molecule has 57 heavy (non-hydrogen) atoms. The van der Waals surface area contributed by atoms with Crippen LogP contribution >= 0.6 is 0 Å². The van der Waals surface area contributed by atoms with Crippen LogP contribution in [0.2, 0.25) is 0 Å². The maximum atomic E-state index is 6.29. The van der Waals surface area contributed by atoms with E-state index in [1.54, 1.807) is 0 Å². The first kappa shape index (κ1) is 31.6. The zero-order valence-electron chi connectivity index (χ0n) is 30.8. The molecule has 266 valence electrons. The fraction of sp³-hybridized carbons (Fsp3) is 0. The van der Waals surface area contributed by atoms with Crippen LogP contribution in [0.25, 0.3) is 94.1 Å². The Labute approximate surface area is 329 Å². The highest BCUT2D eigenvalue weighted by molar-refractivity contribution is 6.14. The second-order valence-corrected chi connectivity index (χ2v) is 14.7. The standard InChI is InChI=1S/C53H33N3O/c1-7-19-45-39(14-1)37(31-32-54-45)34-25-27-35(28-26-34)38-13-2-8-20-46(38)56-48-22-10-4-17-42(48)52-41-16-3-9-21-47(41)55(53(52)43-18-5-11-23-49(43)56)36-29-30-51-44(33-36)40-15-6-12-24-50(40)57-51/h1-33H. The van der Waals surface area contributed by atoms with Crippen molar-refractivity contribution in [1.29, 1.82) is 0 Å². The Bertz CT molecular complexity index is 3370. The number of pyridine rings is 1. The average molecular weight is 728 g/mol. The van der Waals surface area contributed by atoms with Crippen LogP contribution in [0.3, 0.4) is 0 Å². The molecule has 0 saturated carbocycles. The minimum Gasteiger partial charge on any atom is -0.456 e. The SMILES string of the molecule is c1ccc(N2c3ccccc3-c3c(n(-c4ccc5oc6ccccc6c5c4)c4ccccc34)-c3ccccc32)c(-c2ccc(-c3ccnc4ccccc34)cc2)c1. The molecular formula is C53H33N3O. The molecule has 0 fully saturated rings. The molecule has 1 aliphatic heterocycles. The Morgan fingerprint density at radius 1 is 0.404 bits per heavy atom. The highest BCUT2D eigenvalue weighted by atomic mass is 16.3. The quantitative estimate of drug-likeness (QED) is 0.181. The van der Waals surface area contributed by atoms with E-state index in [4.69, 9.17) is 4.42 Å². The topological polar surface area (TPSA) is 34.2 Å². The van der Waals surface area contributed by atoms with Gasteiger partial charge in [0.1, 0.15) is 11.2 Å². The van der Waals surface area contributed by atoms with Crippen LogP contribution in [0.4, 0.5) is 17.1 Å². The first-order valence-corrected chi connectivity index (χ1v) is 19.4. The van der Waals surface area contributed by atoms with Gasteiger partial charge in [0, 0.05) is 55.7 Å². The molecule has 8 aromatic carbocycles. The second-order valence-electron chi connectivity index (χ2n) is 14.7. The number of rotatable bonds is 4. The van der Waals surface area contributed by atoms with Crippen molar-refractivity contribution < 1.29 is 4.42 Å². The fourth-order valence-electron chi connectivity index (χ4n) is 9.12. The van der Waals surface area contributed by atoms with Crippen molar-refractivity contribution in [3.8, 4) is 50.3 Å². The average Bonchev–Trinajstić information content (AvgIpc) is 3.79. The smallest absolute Gasteiger partial charge is 0.135 e. The Balaban J connectivity index is 1.08. The molecule has 0 bridgehead atoms. The fourth-order valence-corrected chi connectivity index (χ4v) is 9.12. The molecule has 0 unspecified atom stereocenters. The minimum absolute atomic E-state index is 0.887. The van der Waals surface area contributed by atoms with Crippen molar-refractivity contribution in [3.05, 3.63) is 200 Å². The molecular weight excluding hydrogens is 695 g/mol. The Morgan fingerprint density at radius 2 is 0.982 bits per heavy atom.